The fourth-order valence-electron chi connectivity index (χ4n) is 10.3. The number of methoxy groups -OCH3 is 1. The fourth-order valence-corrected chi connectivity index (χ4v) is 10.3. The molecule has 18 nitrogen and oxygen atoms in total. The third-order valence-corrected chi connectivity index (χ3v) is 13.4. The highest BCUT2D eigenvalue weighted by Crippen LogP contribution is 2.43. The maximum Gasteiger partial charge on any atom is 0.309 e. The Bertz CT molecular complexity index is 1800. The van der Waals surface area contributed by atoms with Crippen LogP contribution in [0, 0.1) is 17.8 Å². The number of aliphatic hydroxyl groups excluding tert-OH is 1. The lowest BCUT2D eigenvalue weighted by Crippen LogP contribution is -2.67. The van der Waals surface area contributed by atoms with E-state index in [9.17, 15) is 33.9 Å². The Hall–Kier alpha value is -4.04. The quantitative estimate of drug-likeness (QED) is 0.145. The second-order valence-corrected chi connectivity index (χ2v) is 19.2. The van der Waals surface area contributed by atoms with E-state index in [-0.39, 0.29) is 38.0 Å². The maximum absolute atomic E-state index is 13.9. The highest BCUT2D eigenvalue weighted by Gasteiger charge is 2.56. The summed E-state index contributed by atoms with van der Waals surface area (Å²) in [6, 6.07) is 9.03. The SMILES string of the molecule is CCC(=O)O[C@@H]1CC(=O)O[C@H](C)CCN(Cc2ccccc2)C[C@H](OC(C)=O)[C@H](C)C[C@H](CC=O)[C@H]([C@@H]2O[C@H](C)[C@@H](O[C@H]3C[C@@](C)(OC(C)=O)[C@@H](OC(=O)CC)[C@H](C)O3)[C@H](N(C)C)[C@H]2O)[C@@H]1OC. The van der Waals surface area contributed by atoms with Gasteiger partial charge in [-0.15, -0.1) is 0 Å². The van der Waals surface area contributed by atoms with Gasteiger partial charge in [0.15, 0.2) is 18.0 Å². The van der Waals surface area contributed by atoms with Gasteiger partial charge in [0.25, 0.3) is 0 Å². The standard InChI is InChI=1S/C50H78N2O16/c1-13-39(56)65-37-25-41(58)61-30(4)20-22-52(27-35-18-16-15-17-19-35)28-38(64-33(7)54)29(3)24-36(21-23-53)43(47(37)60-12)48-45(59)44(51(10)11)46(31(5)63-48)67-42-26-50(9,68-34(8)55)49(32(6)62-42)66-40(57)14-2/h15-19,23,29-32,36-38,42-49,59H,13-14,20-22,24-28H2,1-12H3/t29-,30-,31-,32+,36+,37-,38+,42+,43+,44-,45-,46-,47-,48+,49+,50-/m1/s1. The zero-order valence-electron chi connectivity index (χ0n) is 42.2. The van der Waals surface area contributed by atoms with Crippen molar-refractivity contribution in [1.82, 2.24) is 9.80 Å². The molecule has 0 unspecified atom stereocenters. The number of likely N-dealkylation sites (N-methyl/N-ethyl adjacent to an activating group) is 1. The van der Waals surface area contributed by atoms with Crippen molar-refractivity contribution in [3.63, 3.8) is 0 Å². The number of esters is 5. The molecule has 1 N–H and O–H groups in total. The van der Waals surface area contributed by atoms with E-state index in [1.807, 2.05) is 37.3 Å². The van der Waals surface area contributed by atoms with E-state index in [2.05, 4.69) is 4.90 Å². The summed E-state index contributed by atoms with van der Waals surface area (Å²) < 4.78 is 55.8. The zero-order chi connectivity index (χ0) is 50.5. The van der Waals surface area contributed by atoms with Crippen LogP contribution in [-0.4, -0.2) is 164 Å². The summed E-state index contributed by atoms with van der Waals surface area (Å²) in [5, 5.41) is 12.8. The predicted molar refractivity (Wildman–Crippen MR) is 246 cm³/mol. The first-order chi connectivity index (χ1) is 32.1. The van der Waals surface area contributed by atoms with Gasteiger partial charge in [0.1, 0.15) is 36.8 Å². The van der Waals surface area contributed by atoms with Gasteiger partial charge in [0, 0.05) is 72.2 Å². The minimum Gasteiger partial charge on any atom is -0.463 e. The number of benzene rings is 1. The second kappa shape index (κ2) is 26.2. The first kappa shape index (κ1) is 56.5. The van der Waals surface area contributed by atoms with Crippen LogP contribution in [0.2, 0.25) is 0 Å². The molecule has 0 spiro atoms. The van der Waals surface area contributed by atoms with Crippen molar-refractivity contribution >= 4 is 36.1 Å². The Morgan fingerprint density at radius 1 is 0.912 bits per heavy atom. The number of carbonyl (C=O) groups excluding carboxylic acids is 6. The van der Waals surface area contributed by atoms with Crippen molar-refractivity contribution in [2.45, 2.75) is 193 Å². The van der Waals surface area contributed by atoms with Gasteiger partial charge in [-0.2, -0.15) is 0 Å². The topological polar surface area (TPSA) is 212 Å². The van der Waals surface area contributed by atoms with Crippen LogP contribution in [0.25, 0.3) is 0 Å². The molecule has 0 amide bonds. The lowest BCUT2D eigenvalue weighted by atomic mass is 9.71. The van der Waals surface area contributed by atoms with E-state index in [0.29, 0.717) is 26.1 Å². The van der Waals surface area contributed by atoms with Crippen molar-refractivity contribution in [2.24, 2.45) is 17.8 Å². The van der Waals surface area contributed by atoms with Gasteiger partial charge in [-0.3, -0.25) is 28.9 Å². The van der Waals surface area contributed by atoms with Crippen LogP contribution < -0.4 is 0 Å². The van der Waals surface area contributed by atoms with Crippen LogP contribution in [-0.2, 0) is 77.9 Å². The number of nitrogens with zero attached hydrogens (tertiary/aromatic N) is 2. The number of hydrogen-bond acceptors (Lipinski definition) is 18. The third-order valence-electron chi connectivity index (χ3n) is 13.4. The van der Waals surface area contributed by atoms with Crippen molar-refractivity contribution in [1.29, 1.82) is 0 Å². The van der Waals surface area contributed by atoms with Crippen LogP contribution in [0.3, 0.4) is 0 Å². The Kier molecular flexibility index (Phi) is 21.8. The van der Waals surface area contributed by atoms with Gasteiger partial charge in [-0.25, -0.2) is 0 Å². The van der Waals surface area contributed by atoms with Crippen LogP contribution in [0.1, 0.15) is 113 Å². The molecule has 1 aromatic rings. The van der Waals surface area contributed by atoms with E-state index in [1.54, 1.807) is 60.5 Å². The molecule has 0 radical (unpaired) electrons. The number of carbonyl (C=O) groups is 6. The molecule has 3 aliphatic rings. The molecule has 3 fully saturated rings. The first-order valence-corrected chi connectivity index (χ1v) is 24.1. The summed E-state index contributed by atoms with van der Waals surface area (Å²) in [4.78, 5) is 81.6. The smallest absolute Gasteiger partial charge is 0.309 e. The summed E-state index contributed by atoms with van der Waals surface area (Å²) in [5.74, 6) is -4.78. The molecular weight excluding hydrogens is 885 g/mol. The molecule has 3 heterocycles. The highest BCUT2D eigenvalue weighted by atomic mass is 16.7. The van der Waals surface area contributed by atoms with Crippen LogP contribution in [0.15, 0.2) is 30.3 Å². The van der Waals surface area contributed by atoms with Gasteiger partial charge in [0.2, 0.25) is 0 Å². The molecule has 68 heavy (non-hydrogen) atoms. The number of cyclic esters (lactones) is 1. The molecule has 384 valence electrons. The molecule has 0 saturated carbocycles. The summed E-state index contributed by atoms with van der Waals surface area (Å²) in [6.45, 7) is 16.1. The Morgan fingerprint density at radius 3 is 2.16 bits per heavy atom. The largest absolute Gasteiger partial charge is 0.463 e. The summed E-state index contributed by atoms with van der Waals surface area (Å²) in [7, 11) is 4.96. The minimum atomic E-state index is -1.38. The number of hydrogen-bond donors (Lipinski definition) is 1. The molecule has 3 saturated heterocycles. The normalized spacial score (nSPS) is 35.7. The summed E-state index contributed by atoms with van der Waals surface area (Å²) in [5.41, 5.74) is -0.305. The van der Waals surface area contributed by atoms with E-state index >= 15 is 0 Å². The number of rotatable bonds is 15. The molecule has 18 heteroatoms. The predicted octanol–water partition coefficient (Wildman–Crippen LogP) is 4.57. The molecule has 1 aromatic carbocycles. The minimum absolute atomic E-state index is 0.0133. The van der Waals surface area contributed by atoms with Crippen LogP contribution in [0.4, 0.5) is 0 Å². The van der Waals surface area contributed by atoms with Crippen molar-refractivity contribution < 1.29 is 76.5 Å². The van der Waals surface area contributed by atoms with Crippen LogP contribution in [0.5, 0.6) is 0 Å². The van der Waals surface area contributed by atoms with Crippen molar-refractivity contribution in [2.75, 3.05) is 34.3 Å². The average Bonchev–Trinajstić information content (AvgIpc) is 3.26. The van der Waals surface area contributed by atoms with E-state index in [4.69, 9.17) is 42.6 Å². The lowest BCUT2D eigenvalue weighted by Gasteiger charge is -2.53. The summed E-state index contributed by atoms with van der Waals surface area (Å²) >= 11 is 0. The average molecular weight is 963 g/mol. The zero-order valence-corrected chi connectivity index (χ0v) is 42.2. The molecule has 0 aliphatic carbocycles. The maximum atomic E-state index is 13.9. The number of aldehydes is 1. The van der Waals surface area contributed by atoms with E-state index in [1.165, 1.54) is 21.0 Å². The fraction of sp³-hybridized carbons (Fsp3) is 0.760. The molecule has 0 bridgehead atoms. The number of ether oxygens (including phenoxy) is 9. The van der Waals surface area contributed by atoms with E-state index < -0.39 is 127 Å². The first-order valence-electron chi connectivity index (χ1n) is 24.1. The van der Waals surface area contributed by atoms with Gasteiger partial charge in [0.05, 0.1) is 36.9 Å². The van der Waals surface area contributed by atoms with Gasteiger partial charge < -0.3 is 57.4 Å². The van der Waals surface area contributed by atoms with Crippen LogP contribution >= 0.6 is 0 Å². The van der Waals surface area contributed by atoms with Crippen molar-refractivity contribution in [3.05, 3.63) is 35.9 Å². The lowest BCUT2D eigenvalue weighted by molar-refractivity contribution is -0.319. The summed E-state index contributed by atoms with van der Waals surface area (Å²) in [6.07, 6.45) is -9.44. The molecule has 4 rings (SSSR count). The second-order valence-electron chi connectivity index (χ2n) is 19.2. The Balaban J connectivity index is 1.82. The highest BCUT2D eigenvalue weighted by molar-refractivity contribution is 5.73. The Labute approximate surface area is 402 Å². The molecular formula is C50H78N2O16. The molecule has 16 atom stereocenters. The van der Waals surface area contributed by atoms with Crippen molar-refractivity contribution in [3.8, 4) is 0 Å². The number of aliphatic hydroxyl groups is 1. The monoisotopic (exact) mass is 963 g/mol. The van der Waals surface area contributed by atoms with Gasteiger partial charge in [-0.1, -0.05) is 51.1 Å². The third kappa shape index (κ3) is 15.5. The molecule has 0 aromatic heterocycles. The van der Waals surface area contributed by atoms with E-state index in [0.717, 1.165) is 11.8 Å². The molecule has 3 aliphatic heterocycles. The van der Waals surface area contributed by atoms with Gasteiger partial charge in [-0.05, 0) is 72.0 Å². The Morgan fingerprint density at radius 2 is 1.57 bits per heavy atom. The van der Waals surface area contributed by atoms with Gasteiger partial charge >= 0.3 is 29.8 Å².